The molecule has 0 saturated carbocycles. The van der Waals surface area contributed by atoms with Crippen LogP contribution >= 0.6 is 23.1 Å². The van der Waals surface area contributed by atoms with Gasteiger partial charge in [0.1, 0.15) is 22.4 Å². The van der Waals surface area contributed by atoms with Crippen LogP contribution in [0.1, 0.15) is 23.1 Å². The van der Waals surface area contributed by atoms with Crippen LogP contribution in [0.4, 0.5) is 0 Å². The molecule has 0 aliphatic rings. The highest BCUT2D eigenvalue weighted by molar-refractivity contribution is 7.99. The van der Waals surface area contributed by atoms with Gasteiger partial charge in [-0.05, 0) is 60.5 Å². The third kappa shape index (κ3) is 3.79. The first-order valence-corrected chi connectivity index (χ1v) is 10.9. The Bertz CT molecular complexity index is 1270. The third-order valence-corrected chi connectivity index (χ3v) is 6.67. The maximum atomic E-state index is 10.8. The Kier molecular flexibility index (Phi) is 5.53. The number of nitrogens with zero attached hydrogens (tertiary/aromatic N) is 6. The van der Waals surface area contributed by atoms with Gasteiger partial charge in [0.2, 0.25) is 5.16 Å². The van der Waals surface area contributed by atoms with E-state index in [1.807, 2.05) is 63.2 Å². The zero-order chi connectivity index (χ0) is 21.3. The number of thiazole rings is 1. The van der Waals surface area contributed by atoms with E-state index in [1.165, 1.54) is 23.1 Å². The largest absolute Gasteiger partial charge is 0.510 e. The number of thioether (sulfide) groups is 1. The maximum absolute atomic E-state index is 10.8. The lowest BCUT2D eigenvalue weighted by atomic mass is 10.1. The molecule has 0 amide bonds. The van der Waals surface area contributed by atoms with Crippen molar-refractivity contribution in [3.05, 3.63) is 64.4 Å². The number of fused-ring (bicyclic) bond motifs is 1. The second-order valence-electron chi connectivity index (χ2n) is 6.78. The van der Waals surface area contributed by atoms with Crippen LogP contribution < -0.4 is 0 Å². The average Bonchev–Trinajstić information content (AvgIpc) is 3.37. The van der Waals surface area contributed by atoms with E-state index >= 15 is 0 Å². The number of benzene rings is 2. The smallest absolute Gasteiger partial charge is 0.214 e. The summed E-state index contributed by atoms with van der Waals surface area (Å²) >= 11 is 2.67. The summed E-state index contributed by atoms with van der Waals surface area (Å²) in [6, 6.07) is 15.8. The van der Waals surface area contributed by atoms with Gasteiger partial charge in [0.05, 0.1) is 21.2 Å². The molecular formula is C21H18N6OS2. The number of aliphatic hydroxyl groups excluding tert-OH is 1. The number of aliphatic hydroxyl groups is 1. The number of hydrogen-bond donors (Lipinski definition) is 1. The van der Waals surface area contributed by atoms with Crippen molar-refractivity contribution < 1.29 is 5.11 Å². The predicted octanol–water partition coefficient (Wildman–Crippen LogP) is 4.86. The maximum Gasteiger partial charge on any atom is 0.214 e. The summed E-state index contributed by atoms with van der Waals surface area (Å²) in [5.41, 5.74) is 3.99. The predicted molar refractivity (Wildman–Crippen MR) is 119 cm³/mol. The topological polar surface area (TPSA) is 101 Å². The molecular weight excluding hydrogens is 416 g/mol. The number of aromatic nitrogens is 5. The van der Waals surface area contributed by atoms with E-state index in [0.29, 0.717) is 10.2 Å². The number of tetrazole rings is 1. The molecule has 4 aromatic rings. The molecule has 0 saturated heterocycles. The summed E-state index contributed by atoms with van der Waals surface area (Å²) in [6.45, 7) is 5.81. The van der Waals surface area contributed by atoms with Crippen LogP contribution in [-0.4, -0.2) is 35.5 Å². The van der Waals surface area contributed by atoms with Crippen molar-refractivity contribution in [1.29, 1.82) is 5.26 Å². The Morgan fingerprint density at radius 2 is 2.03 bits per heavy atom. The van der Waals surface area contributed by atoms with Crippen molar-refractivity contribution >= 4 is 38.9 Å². The molecule has 1 unspecified atom stereocenters. The molecule has 2 aromatic carbocycles. The first-order chi connectivity index (χ1) is 14.5. The summed E-state index contributed by atoms with van der Waals surface area (Å²) in [6.07, 6.45) is 0. The molecule has 150 valence electrons. The fourth-order valence-corrected chi connectivity index (χ4v) is 4.80. The molecule has 2 aromatic heterocycles. The first-order valence-electron chi connectivity index (χ1n) is 9.19. The van der Waals surface area contributed by atoms with E-state index in [2.05, 4.69) is 26.6 Å². The average molecular weight is 435 g/mol. The molecule has 2 heterocycles. The number of rotatable bonds is 5. The van der Waals surface area contributed by atoms with Crippen molar-refractivity contribution in [2.45, 2.75) is 31.2 Å². The van der Waals surface area contributed by atoms with Gasteiger partial charge in [0.15, 0.2) is 0 Å². The quantitative estimate of drug-likeness (QED) is 0.272. The second-order valence-corrected chi connectivity index (χ2v) is 9.12. The molecule has 0 aliphatic heterocycles. The number of para-hydroxylation sites is 1. The molecule has 7 nitrogen and oxygen atoms in total. The van der Waals surface area contributed by atoms with Gasteiger partial charge in [0.25, 0.3) is 0 Å². The van der Waals surface area contributed by atoms with Crippen LogP contribution in [0.5, 0.6) is 0 Å². The van der Waals surface area contributed by atoms with Gasteiger partial charge in [-0.2, -0.15) is 9.94 Å². The van der Waals surface area contributed by atoms with Gasteiger partial charge in [-0.25, -0.2) is 4.98 Å². The molecule has 0 fully saturated rings. The van der Waals surface area contributed by atoms with Crippen LogP contribution in [0, 0.1) is 25.2 Å². The number of nitriles is 1. The Hall–Kier alpha value is -3.22. The van der Waals surface area contributed by atoms with Crippen molar-refractivity contribution in [2.75, 3.05) is 0 Å². The van der Waals surface area contributed by atoms with Crippen molar-refractivity contribution in [1.82, 2.24) is 25.2 Å². The zero-order valence-corrected chi connectivity index (χ0v) is 18.2. The van der Waals surface area contributed by atoms with Crippen molar-refractivity contribution in [2.24, 2.45) is 0 Å². The minimum absolute atomic E-state index is 0.0444. The molecule has 0 spiro atoms. The van der Waals surface area contributed by atoms with E-state index in [1.54, 1.807) is 4.68 Å². The van der Waals surface area contributed by atoms with Crippen LogP contribution in [0.2, 0.25) is 0 Å². The molecule has 1 N–H and O–H groups in total. The lowest BCUT2D eigenvalue weighted by Crippen LogP contribution is -2.08. The normalized spacial score (nSPS) is 13.1. The Morgan fingerprint density at radius 3 is 2.80 bits per heavy atom. The van der Waals surface area contributed by atoms with E-state index in [0.717, 1.165) is 27.0 Å². The van der Waals surface area contributed by atoms with E-state index in [4.69, 9.17) is 0 Å². The Balaban J connectivity index is 1.67. The lowest BCUT2D eigenvalue weighted by Gasteiger charge is -2.12. The minimum Gasteiger partial charge on any atom is -0.510 e. The number of aryl methyl sites for hydroxylation is 2. The SMILES string of the molecule is Cc1ccc(C)c(-n2nnnc2SC(C)/C(O)=C(\C#N)c2nc3ccccc3s2)c1. The molecule has 4 rings (SSSR count). The summed E-state index contributed by atoms with van der Waals surface area (Å²) < 4.78 is 2.62. The van der Waals surface area contributed by atoms with Crippen molar-refractivity contribution in [3.63, 3.8) is 0 Å². The van der Waals surface area contributed by atoms with Gasteiger partial charge in [-0.15, -0.1) is 16.4 Å². The van der Waals surface area contributed by atoms with E-state index < -0.39 is 5.25 Å². The van der Waals surface area contributed by atoms with Crippen LogP contribution in [0.15, 0.2) is 53.4 Å². The van der Waals surface area contributed by atoms with Gasteiger partial charge in [-0.3, -0.25) is 0 Å². The molecule has 0 bridgehead atoms. The van der Waals surface area contributed by atoms with Crippen molar-refractivity contribution in [3.8, 4) is 11.8 Å². The van der Waals surface area contributed by atoms with E-state index in [9.17, 15) is 10.4 Å². The minimum atomic E-state index is -0.443. The first kappa shape index (κ1) is 20.1. The zero-order valence-electron chi connectivity index (χ0n) is 16.6. The highest BCUT2D eigenvalue weighted by atomic mass is 32.2. The third-order valence-electron chi connectivity index (χ3n) is 4.58. The van der Waals surface area contributed by atoms with Crippen LogP contribution in [0.25, 0.3) is 21.5 Å². The Morgan fingerprint density at radius 1 is 1.23 bits per heavy atom. The number of allylic oxidation sites excluding steroid dienone is 1. The second kappa shape index (κ2) is 8.26. The molecule has 0 aliphatic carbocycles. The monoisotopic (exact) mass is 434 g/mol. The Labute approximate surface area is 181 Å². The standard InChI is InChI=1S/C21H18N6OS2/c1-12-8-9-13(2)17(10-12)27-21(24-25-26-27)29-14(3)19(28)15(11-22)20-23-16-6-4-5-7-18(16)30-20/h4-10,14,28H,1-3H3/b19-15-. The summed E-state index contributed by atoms with van der Waals surface area (Å²) in [5, 5.41) is 33.2. The lowest BCUT2D eigenvalue weighted by molar-refractivity contribution is 0.402. The van der Waals surface area contributed by atoms with Gasteiger partial charge in [0, 0.05) is 0 Å². The van der Waals surface area contributed by atoms with Gasteiger partial charge < -0.3 is 5.11 Å². The number of hydrogen-bond acceptors (Lipinski definition) is 8. The molecule has 0 radical (unpaired) electrons. The highest BCUT2D eigenvalue weighted by Crippen LogP contribution is 2.33. The fraction of sp³-hybridized carbons (Fsp3) is 0.190. The fourth-order valence-electron chi connectivity index (χ4n) is 2.96. The molecule has 1 atom stereocenters. The summed E-state index contributed by atoms with van der Waals surface area (Å²) in [5.74, 6) is -0.0444. The van der Waals surface area contributed by atoms with Gasteiger partial charge >= 0.3 is 0 Å². The summed E-state index contributed by atoms with van der Waals surface area (Å²) in [4.78, 5) is 4.49. The molecule has 9 heteroatoms. The van der Waals surface area contributed by atoms with Crippen LogP contribution in [0.3, 0.4) is 0 Å². The summed E-state index contributed by atoms with van der Waals surface area (Å²) in [7, 11) is 0. The van der Waals surface area contributed by atoms with E-state index in [-0.39, 0.29) is 11.3 Å². The van der Waals surface area contributed by atoms with Gasteiger partial charge in [-0.1, -0.05) is 36.0 Å². The highest BCUT2D eigenvalue weighted by Gasteiger charge is 2.22. The molecule has 30 heavy (non-hydrogen) atoms. The van der Waals surface area contributed by atoms with Crippen LogP contribution in [-0.2, 0) is 0 Å².